The monoisotopic (exact) mass is 221 g/mol. The van der Waals surface area contributed by atoms with Gasteiger partial charge in [0.15, 0.2) is 0 Å². The predicted molar refractivity (Wildman–Crippen MR) is 49.4 cm³/mol. The summed E-state index contributed by atoms with van der Waals surface area (Å²) in [6, 6.07) is 1.47. The Labute approximate surface area is 85.5 Å². The zero-order chi connectivity index (χ0) is 10.7. The summed E-state index contributed by atoms with van der Waals surface area (Å²) in [4.78, 5) is 3.72. The molecule has 1 aromatic heterocycles. The third-order valence-electron chi connectivity index (χ3n) is 1.95. The zero-order valence-corrected chi connectivity index (χ0v) is 8.35. The Morgan fingerprint density at radius 2 is 2.14 bits per heavy atom. The highest BCUT2D eigenvalue weighted by atomic mass is 35.5. The van der Waals surface area contributed by atoms with Crippen molar-refractivity contribution in [3.05, 3.63) is 28.6 Å². The fourth-order valence-electron chi connectivity index (χ4n) is 1.17. The number of pyridine rings is 1. The van der Waals surface area contributed by atoms with Crippen LogP contribution in [0, 0.1) is 6.92 Å². The van der Waals surface area contributed by atoms with Crippen LogP contribution < -0.4 is 0 Å². The minimum Gasteiger partial charge on any atom is -0.392 e. The molecule has 1 rings (SSSR count). The second-order valence-electron chi connectivity index (χ2n) is 2.87. The molecule has 1 aromatic rings. The summed E-state index contributed by atoms with van der Waals surface area (Å²) in [7, 11) is 0. The van der Waals surface area contributed by atoms with Gasteiger partial charge >= 0.3 is 0 Å². The average Bonchev–Trinajstić information content (AvgIpc) is 2.17. The molecule has 0 saturated carbocycles. The quantitative estimate of drug-likeness (QED) is 0.796. The van der Waals surface area contributed by atoms with Crippen molar-refractivity contribution in [2.75, 3.05) is 0 Å². The number of aliphatic hydroxyl groups is 1. The molecule has 2 nitrogen and oxygen atoms in total. The molecule has 1 N–H and O–H groups in total. The van der Waals surface area contributed by atoms with E-state index in [2.05, 4.69) is 4.98 Å². The molecule has 0 aromatic carbocycles. The smallest absolute Gasteiger partial charge is 0.280 e. The molecule has 0 atom stereocenters. The van der Waals surface area contributed by atoms with Crippen molar-refractivity contribution in [2.45, 2.75) is 25.8 Å². The van der Waals surface area contributed by atoms with Gasteiger partial charge in [0.05, 0.1) is 6.61 Å². The van der Waals surface area contributed by atoms with E-state index in [1.807, 2.05) is 0 Å². The molecule has 1 heterocycles. The SMILES string of the molecule is Cc1nc(C(F)F)c(CCl)cc1CO. The van der Waals surface area contributed by atoms with Crippen LogP contribution in [0.5, 0.6) is 0 Å². The lowest BCUT2D eigenvalue weighted by atomic mass is 10.1. The summed E-state index contributed by atoms with van der Waals surface area (Å²) in [6.07, 6.45) is -2.63. The first-order valence-electron chi connectivity index (χ1n) is 4.04. The van der Waals surface area contributed by atoms with E-state index in [4.69, 9.17) is 16.7 Å². The van der Waals surface area contributed by atoms with Gasteiger partial charge in [-0.3, -0.25) is 4.98 Å². The van der Waals surface area contributed by atoms with E-state index in [1.54, 1.807) is 6.92 Å². The van der Waals surface area contributed by atoms with E-state index in [-0.39, 0.29) is 23.7 Å². The number of rotatable bonds is 3. The van der Waals surface area contributed by atoms with E-state index < -0.39 is 6.43 Å². The number of hydrogen-bond donors (Lipinski definition) is 1. The van der Waals surface area contributed by atoms with Gasteiger partial charge in [-0.2, -0.15) is 0 Å². The van der Waals surface area contributed by atoms with E-state index in [0.717, 1.165) is 0 Å². The number of aromatic nitrogens is 1. The van der Waals surface area contributed by atoms with Crippen LogP contribution in [-0.2, 0) is 12.5 Å². The molecule has 0 spiro atoms. The number of nitrogens with zero attached hydrogens (tertiary/aromatic N) is 1. The maximum Gasteiger partial charge on any atom is 0.280 e. The van der Waals surface area contributed by atoms with Crippen molar-refractivity contribution in [1.29, 1.82) is 0 Å². The summed E-state index contributed by atoms with van der Waals surface area (Å²) >= 11 is 5.50. The van der Waals surface area contributed by atoms with Crippen molar-refractivity contribution >= 4 is 11.6 Å². The molecule has 0 aliphatic rings. The standard InChI is InChI=1S/C9H10ClF2NO/c1-5-7(4-14)2-6(3-10)8(13-5)9(11)12/h2,9,14H,3-4H2,1H3. The van der Waals surface area contributed by atoms with Gasteiger partial charge in [0.1, 0.15) is 5.69 Å². The van der Waals surface area contributed by atoms with Gasteiger partial charge in [-0.05, 0) is 24.1 Å². The van der Waals surface area contributed by atoms with Gasteiger partial charge < -0.3 is 5.11 Å². The molecule has 0 bridgehead atoms. The predicted octanol–water partition coefficient (Wildman–Crippen LogP) is 2.56. The molecule has 78 valence electrons. The molecular formula is C9H10ClF2NO. The summed E-state index contributed by atoms with van der Waals surface area (Å²) < 4.78 is 24.9. The summed E-state index contributed by atoms with van der Waals surface area (Å²) in [5.41, 5.74) is 0.924. The van der Waals surface area contributed by atoms with Crippen LogP contribution in [0.25, 0.3) is 0 Å². The lowest BCUT2D eigenvalue weighted by molar-refractivity contribution is 0.144. The fraction of sp³-hybridized carbons (Fsp3) is 0.444. The minimum atomic E-state index is -2.63. The van der Waals surface area contributed by atoms with Gasteiger partial charge in [-0.15, -0.1) is 11.6 Å². The Morgan fingerprint density at radius 3 is 2.57 bits per heavy atom. The molecule has 0 aliphatic carbocycles. The Morgan fingerprint density at radius 1 is 1.50 bits per heavy atom. The van der Waals surface area contributed by atoms with Crippen molar-refractivity contribution < 1.29 is 13.9 Å². The highest BCUT2D eigenvalue weighted by Crippen LogP contribution is 2.24. The first-order chi connectivity index (χ1) is 6.60. The van der Waals surface area contributed by atoms with Gasteiger partial charge in [0.2, 0.25) is 0 Å². The zero-order valence-electron chi connectivity index (χ0n) is 7.60. The first-order valence-corrected chi connectivity index (χ1v) is 4.57. The molecule has 0 saturated heterocycles. The van der Waals surface area contributed by atoms with Gasteiger partial charge in [0, 0.05) is 11.6 Å². The van der Waals surface area contributed by atoms with Gasteiger partial charge in [0.25, 0.3) is 6.43 Å². The van der Waals surface area contributed by atoms with Gasteiger partial charge in [-0.1, -0.05) is 0 Å². The Kier molecular flexibility index (Phi) is 3.77. The Hall–Kier alpha value is -0.740. The number of aryl methyl sites for hydroxylation is 1. The van der Waals surface area contributed by atoms with Crippen LogP contribution in [-0.4, -0.2) is 10.1 Å². The van der Waals surface area contributed by atoms with Crippen LogP contribution in [0.2, 0.25) is 0 Å². The molecule has 0 aliphatic heterocycles. The second-order valence-corrected chi connectivity index (χ2v) is 3.14. The molecule has 14 heavy (non-hydrogen) atoms. The van der Waals surface area contributed by atoms with Crippen molar-refractivity contribution in [2.24, 2.45) is 0 Å². The third kappa shape index (κ3) is 2.19. The van der Waals surface area contributed by atoms with E-state index in [0.29, 0.717) is 11.3 Å². The van der Waals surface area contributed by atoms with Crippen LogP contribution in [0.1, 0.15) is 28.9 Å². The molecule has 0 unspecified atom stereocenters. The van der Waals surface area contributed by atoms with Crippen LogP contribution in [0.4, 0.5) is 8.78 Å². The fourth-order valence-corrected chi connectivity index (χ4v) is 1.38. The number of halogens is 3. The summed E-state index contributed by atoms with van der Waals surface area (Å²) in [6.45, 7) is 1.36. The van der Waals surface area contributed by atoms with Crippen molar-refractivity contribution in [3.8, 4) is 0 Å². The number of alkyl halides is 3. The molecule has 5 heteroatoms. The number of aliphatic hydroxyl groups excluding tert-OH is 1. The lowest BCUT2D eigenvalue weighted by Crippen LogP contribution is -2.03. The van der Waals surface area contributed by atoms with E-state index >= 15 is 0 Å². The molecule has 0 radical (unpaired) electrons. The van der Waals surface area contributed by atoms with E-state index in [1.165, 1.54) is 6.07 Å². The van der Waals surface area contributed by atoms with Crippen molar-refractivity contribution in [3.63, 3.8) is 0 Å². The van der Waals surface area contributed by atoms with Gasteiger partial charge in [-0.25, -0.2) is 8.78 Å². The Bertz CT molecular complexity index is 331. The van der Waals surface area contributed by atoms with Crippen LogP contribution >= 0.6 is 11.6 Å². The first kappa shape index (κ1) is 11.3. The summed E-state index contributed by atoms with van der Waals surface area (Å²) in [5.74, 6) is -0.0278. The normalized spacial score (nSPS) is 11.0. The molecule has 0 fully saturated rings. The molecular weight excluding hydrogens is 212 g/mol. The van der Waals surface area contributed by atoms with E-state index in [9.17, 15) is 8.78 Å². The lowest BCUT2D eigenvalue weighted by Gasteiger charge is -2.09. The maximum absolute atomic E-state index is 12.4. The third-order valence-corrected chi connectivity index (χ3v) is 2.24. The summed E-state index contributed by atoms with van der Waals surface area (Å²) in [5, 5.41) is 8.90. The Balaban J connectivity index is 3.24. The van der Waals surface area contributed by atoms with Crippen LogP contribution in [0.15, 0.2) is 6.07 Å². The van der Waals surface area contributed by atoms with Crippen LogP contribution in [0.3, 0.4) is 0 Å². The second kappa shape index (κ2) is 4.66. The average molecular weight is 222 g/mol. The minimum absolute atomic E-state index is 0.0278. The molecule has 0 amide bonds. The topological polar surface area (TPSA) is 33.1 Å². The highest BCUT2D eigenvalue weighted by Gasteiger charge is 2.16. The highest BCUT2D eigenvalue weighted by molar-refractivity contribution is 6.17. The number of hydrogen-bond acceptors (Lipinski definition) is 2. The maximum atomic E-state index is 12.4. The van der Waals surface area contributed by atoms with Crippen molar-refractivity contribution in [1.82, 2.24) is 4.98 Å². The largest absolute Gasteiger partial charge is 0.392 e.